The lowest BCUT2D eigenvalue weighted by atomic mass is 10.3. The molecule has 0 aliphatic heterocycles. The molecule has 0 aliphatic rings. The molecule has 0 radical (unpaired) electrons. The third kappa shape index (κ3) is 3.50. The number of anilines is 1. The van der Waals surface area contributed by atoms with Crippen molar-refractivity contribution in [1.82, 2.24) is 9.36 Å². The van der Waals surface area contributed by atoms with Crippen LogP contribution in [0.5, 0.6) is 5.75 Å². The van der Waals surface area contributed by atoms with Gasteiger partial charge < -0.3 is 4.74 Å². The van der Waals surface area contributed by atoms with Gasteiger partial charge in [-0.25, -0.2) is 13.1 Å². The molecule has 10 heteroatoms. The van der Waals surface area contributed by atoms with Crippen LogP contribution in [0.2, 0.25) is 10.0 Å². The molecule has 0 aliphatic carbocycles. The fourth-order valence-corrected chi connectivity index (χ4v) is 4.71. The molecule has 7 nitrogen and oxygen atoms in total. The summed E-state index contributed by atoms with van der Waals surface area (Å²) < 4.78 is 36.1. The molecular formula is C18H17Cl2N3O4S. The van der Waals surface area contributed by atoms with Crippen molar-refractivity contribution in [3.63, 3.8) is 0 Å². The Labute approximate surface area is 172 Å². The topological polar surface area (TPSA) is 82.3 Å². The van der Waals surface area contributed by atoms with E-state index < -0.39 is 15.6 Å². The Hall–Kier alpha value is -2.42. The molecule has 0 amide bonds. The number of nitrogens with zero attached hydrogens (tertiary/aromatic N) is 2. The van der Waals surface area contributed by atoms with Crippen molar-refractivity contribution in [2.24, 2.45) is 7.05 Å². The fraction of sp³-hybridized carbons (Fsp3) is 0.167. The number of benzene rings is 2. The van der Waals surface area contributed by atoms with E-state index in [0.29, 0.717) is 11.4 Å². The first-order chi connectivity index (χ1) is 13.2. The van der Waals surface area contributed by atoms with E-state index in [1.807, 2.05) is 6.07 Å². The maximum atomic E-state index is 12.9. The summed E-state index contributed by atoms with van der Waals surface area (Å²) in [5.41, 5.74) is 0.460. The smallest absolute Gasteiger partial charge is 0.296 e. The summed E-state index contributed by atoms with van der Waals surface area (Å²) in [6, 6.07) is 11.4. The summed E-state index contributed by atoms with van der Waals surface area (Å²) in [5.74, 6) is 0.243. The highest BCUT2D eigenvalue weighted by atomic mass is 35.5. The van der Waals surface area contributed by atoms with Crippen molar-refractivity contribution in [2.45, 2.75) is 11.8 Å². The van der Waals surface area contributed by atoms with Gasteiger partial charge in [0.1, 0.15) is 16.3 Å². The number of nitrogens with one attached hydrogen (secondary N) is 1. The molecule has 0 fully saturated rings. The van der Waals surface area contributed by atoms with Crippen LogP contribution < -0.4 is 15.0 Å². The number of hydrogen-bond donors (Lipinski definition) is 1. The van der Waals surface area contributed by atoms with Crippen LogP contribution in [0.4, 0.5) is 5.69 Å². The first-order valence-electron chi connectivity index (χ1n) is 8.07. The number of methoxy groups -OCH3 is 1. The predicted octanol–water partition coefficient (Wildman–Crippen LogP) is 3.60. The van der Waals surface area contributed by atoms with Gasteiger partial charge in [0.05, 0.1) is 28.5 Å². The van der Waals surface area contributed by atoms with Crippen molar-refractivity contribution >= 4 is 38.9 Å². The first-order valence-corrected chi connectivity index (χ1v) is 10.3. The van der Waals surface area contributed by atoms with Gasteiger partial charge in [0.25, 0.3) is 15.6 Å². The van der Waals surface area contributed by atoms with Crippen LogP contribution in [0.15, 0.2) is 52.2 Å². The molecule has 0 atom stereocenters. The Bertz CT molecular complexity index is 1200. The van der Waals surface area contributed by atoms with E-state index in [1.165, 1.54) is 23.9 Å². The van der Waals surface area contributed by atoms with Crippen molar-refractivity contribution in [3.05, 3.63) is 68.6 Å². The Morgan fingerprint density at radius 3 is 2.32 bits per heavy atom. The lowest BCUT2D eigenvalue weighted by molar-refractivity contribution is 0.414. The fourth-order valence-electron chi connectivity index (χ4n) is 2.75. The number of ether oxygens (including phenoxy) is 1. The molecule has 1 heterocycles. The molecule has 2 aromatic carbocycles. The van der Waals surface area contributed by atoms with E-state index in [1.54, 1.807) is 42.9 Å². The second-order valence-electron chi connectivity index (χ2n) is 5.96. The Morgan fingerprint density at radius 1 is 1.07 bits per heavy atom. The quantitative estimate of drug-likeness (QED) is 0.655. The molecular weight excluding hydrogens is 425 g/mol. The molecule has 148 valence electrons. The van der Waals surface area contributed by atoms with Gasteiger partial charge in [-0.15, -0.1) is 0 Å². The zero-order valence-corrected chi connectivity index (χ0v) is 17.6. The van der Waals surface area contributed by atoms with Crippen molar-refractivity contribution in [2.75, 3.05) is 11.8 Å². The molecule has 0 saturated heterocycles. The average molecular weight is 442 g/mol. The number of aromatic nitrogens is 2. The summed E-state index contributed by atoms with van der Waals surface area (Å²) >= 11 is 12.1. The third-order valence-corrected chi connectivity index (χ3v) is 6.40. The van der Waals surface area contributed by atoms with Gasteiger partial charge in [-0.05, 0) is 25.1 Å². The van der Waals surface area contributed by atoms with Gasteiger partial charge in [-0.3, -0.25) is 14.2 Å². The van der Waals surface area contributed by atoms with Crippen LogP contribution >= 0.6 is 23.2 Å². The van der Waals surface area contributed by atoms with Crippen molar-refractivity contribution in [1.29, 1.82) is 0 Å². The average Bonchev–Trinajstić information content (AvgIpc) is 2.87. The molecule has 0 spiro atoms. The molecule has 3 rings (SSSR count). The SMILES string of the molecule is COc1cc(Cl)c(S(=O)(=O)Nc2c(C)n(C)n(-c3ccccc3)c2=O)cc1Cl. The van der Waals surface area contributed by atoms with Gasteiger partial charge in [0.15, 0.2) is 0 Å². The highest BCUT2D eigenvalue weighted by Crippen LogP contribution is 2.34. The number of sulfonamides is 1. The minimum absolute atomic E-state index is 0.0747. The normalized spacial score (nSPS) is 11.5. The van der Waals surface area contributed by atoms with Crippen molar-refractivity contribution < 1.29 is 13.2 Å². The molecule has 0 unspecified atom stereocenters. The summed E-state index contributed by atoms with van der Waals surface area (Å²) in [5, 5.41) is 0.00414. The third-order valence-electron chi connectivity index (χ3n) is 4.29. The Morgan fingerprint density at radius 2 is 1.71 bits per heavy atom. The molecule has 1 N–H and O–H groups in total. The summed E-state index contributed by atoms with van der Waals surface area (Å²) in [6.07, 6.45) is 0. The molecule has 28 heavy (non-hydrogen) atoms. The molecule has 0 saturated carbocycles. The Balaban J connectivity index is 2.10. The summed E-state index contributed by atoms with van der Waals surface area (Å²) in [4.78, 5) is 12.7. The maximum absolute atomic E-state index is 12.9. The van der Waals surface area contributed by atoms with E-state index in [0.717, 1.165) is 0 Å². The molecule has 0 bridgehead atoms. The van der Waals surface area contributed by atoms with E-state index in [4.69, 9.17) is 27.9 Å². The van der Waals surface area contributed by atoms with Gasteiger partial charge in [0.2, 0.25) is 0 Å². The largest absolute Gasteiger partial charge is 0.495 e. The zero-order valence-electron chi connectivity index (χ0n) is 15.2. The predicted molar refractivity (Wildman–Crippen MR) is 110 cm³/mol. The highest BCUT2D eigenvalue weighted by molar-refractivity contribution is 7.92. The van der Waals surface area contributed by atoms with Crippen LogP contribution in [0.3, 0.4) is 0 Å². The van der Waals surface area contributed by atoms with E-state index >= 15 is 0 Å². The van der Waals surface area contributed by atoms with Crippen molar-refractivity contribution in [3.8, 4) is 11.4 Å². The van der Waals surface area contributed by atoms with Crippen LogP contribution in [-0.2, 0) is 17.1 Å². The monoisotopic (exact) mass is 441 g/mol. The zero-order chi connectivity index (χ0) is 20.6. The number of hydrogen-bond acceptors (Lipinski definition) is 4. The number of para-hydroxylation sites is 1. The van der Waals surface area contributed by atoms with Gasteiger partial charge in [-0.1, -0.05) is 41.4 Å². The van der Waals surface area contributed by atoms with Gasteiger partial charge in [0, 0.05) is 13.1 Å². The van der Waals surface area contributed by atoms with Gasteiger partial charge in [-0.2, -0.15) is 0 Å². The van der Waals surface area contributed by atoms with E-state index in [2.05, 4.69) is 4.72 Å². The van der Waals surface area contributed by atoms with Crippen LogP contribution in [0.25, 0.3) is 5.69 Å². The highest BCUT2D eigenvalue weighted by Gasteiger charge is 2.25. The van der Waals surface area contributed by atoms with Crippen LogP contribution in [0, 0.1) is 6.92 Å². The number of halogens is 2. The molecule has 1 aromatic heterocycles. The minimum atomic E-state index is -4.17. The standard InChI is InChI=1S/C18H17Cl2N3O4S/c1-11-17(18(24)23(22(11)2)12-7-5-4-6-8-12)21-28(25,26)16-10-13(19)15(27-3)9-14(16)20/h4-10,21H,1-3H3. The number of rotatable bonds is 5. The summed E-state index contributed by atoms with van der Waals surface area (Å²) in [7, 11) is -1.11. The van der Waals surface area contributed by atoms with E-state index in [-0.39, 0.29) is 26.4 Å². The molecule has 3 aromatic rings. The first kappa shape index (κ1) is 20.3. The lowest BCUT2D eigenvalue weighted by Crippen LogP contribution is -2.23. The second-order valence-corrected chi connectivity index (χ2v) is 8.42. The second kappa shape index (κ2) is 7.54. The lowest BCUT2D eigenvalue weighted by Gasteiger charge is -2.11. The van der Waals surface area contributed by atoms with Gasteiger partial charge >= 0.3 is 0 Å². The van der Waals surface area contributed by atoms with Crippen LogP contribution in [0.1, 0.15) is 5.69 Å². The Kier molecular flexibility index (Phi) is 5.47. The van der Waals surface area contributed by atoms with E-state index in [9.17, 15) is 13.2 Å². The summed E-state index contributed by atoms with van der Waals surface area (Å²) in [6.45, 7) is 1.64. The minimum Gasteiger partial charge on any atom is -0.495 e. The van der Waals surface area contributed by atoms with Crippen LogP contribution in [-0.4, -0.2) is 24.9 Å². The maximum Gasteiger partial charge on any atom is 0.296 e.